The van der Waals surface area contributed by atoms with Crippen molar-refractivity contribution in [2.24, 2.45) is 4.99 Å². The fraction of sp³-hybridized carbons (Fsp3) is 0.353. The standard InChI is InChI=1S/C17H20BrN3O3/c1-19-17(20-5-4-13-3-2-6-22-13)21-11-12-9-14(18)16-15(10-12)23-7-8-24-16/h2-3,6,9-10H,4-5,7-8,11H2,1H3,(H2,19,20,21). The Kier molecular flexibility index (Phi) is 5.63. The van der Waals surface area contributed by atoms with Gasteiger partial charge in [-0.1, -0.05) is 0 Å². The van der Waals surface area contributed by atoms with Gasteiger partial charge in [0.05, 0.1) is 10.7 Å². The van der Waals surface area contributed by atoms with Gasteiger partial charge >= 0.3 is 0 Å². The topological polar surface area (TPSA) is 68.0 Å². The van der Waals surface area contributed by atoms with E-state index in [2.05, 4.69) is 31.6 Å². The molecule has 0 bridgehead atoms. The Morgan fingerprint density at radius 2 is 2.12 bits per heavy atom. The van der Waals surface area contributed by atoms with Crippen molar-refractivity contribution in [1.29, 1.82) is 0 Å². The lowest BCUT2D eigenvalue weighted by Gasteiger charge is -2.20. The van der Waals surface area contributed by atoms with Crippen molar-refractivity contribution < 1.29 is 13.9 Å². The molecule has 0 saturated heterocycles. The highest BCUT2D eigenvalue weighted by Gasteiger charge is 2.16. The molecule has 1 aliphatic rings. The van der Waals surface area contributed by atoms with Crippen molar-refractivity contribution in [3.8, 4) is 11.5 Å². The molecule has 1 aromatic heterocycles. The minimum atomic E-state index is 0.576. The van der Waals surface area contributed by atoms with Crippen LogP contribution in [0.1, 0.15) is 11.3 Å². The zero-order valence-corrected chi connectivity index (χ0v) is 15.1. The second kappa shape index (κ2) is 8.10. The van der Waals surface area contributed by atoms with Crippen LogP contribution < -0.4 is 20.1 Å². The van der Waals surface area contributed by atoms with Crippen molar-refractivity contribution in [2.45, 2.75) is 13.0 Å². The van der Waals surface area contributed by atoms with Crippen LogP contribution in [0.3, 0.4) is 0 Å². The van der Waals surface area contributed by atoms with Gasteiger partial charge in [0.15, 0.2) is 17.5 Å². The van der Waals surface area contributed by atoms with Gasteiger partial charge in [0.2, 0.25) is 0 Å². The Labute approximate surface area is 149 Å². The molecule has 3 rings (SSSR count). The first-order chi connectivity index (χ1) is 11.8. The van der Waals surface area contributed by atoms with Crippen LogP contribution >= 0.6 is 15.9 Å². The minimum absolute atomic E-state index is 0.576. The van der Waals surface area contributed by atoms with Crippen LogP contribution in [0, 0.1) is 0 Å². The quantitative estimate of drug-likeness (QED) is 0.603. The predicted octanol–water partition coefficient (Wildman–Crippen LogP) is 2.72. The lowest BCUT2D eigenvalue weighted by Crippen LogP contribution is -2.37. The molecule has 0 radical (unpaired) electrons. The van der Waals surface area contributed by atoms with Crippen LogP contribution in [0.2, 0.25) is 0 Å². The van der Waals surface area contributed by atoms with E-state index in [-0.39, 0.29) is 0 Å². The Hall–Kier alpha value is -2.15. The van der Waals surface area contributed by atoms with Crippen molar-refractivity contribution in [3.63, 3.8) is 0 Å². The van der Waals surface area contributed by atoms with Gasteiger partial charge < -0.3 is 24.5 Å². The van der Waals surface area contributed by atoms with Gasteiger partial charge in [0.25, 0.3) is 0 Å². The van der Waals surface area contributed by atoms with Crippen LogP contribution in [0.15, 0.2) is 44.4 Å². The molecular formula is C17H20BrN3O3. The second-order valence-corrected chi connectivity index (χ2v) is 6.14. The molecule has 7 heteroatoms. The van der Waals surface area contributed by atoms with Crippen molar-refractivity contribution in [2.75, 3.05) is 26.8 Å². The summed E-state index contributed by atoms with van der Waals surface area (Å²) in [6, 6.07) is 7.87. The Morgan fingerprint density at radius 1 is 1.25 bits per heavy atom. The van der Waals surface area contributed by atoms with E-state index in [9.17, 15) is 0 Å². The SMILES string of the molecule is CN=C(NCCc1ccco1)NCc1cc(Br)c2c(c1)OCCO2. The number of fused-ring (bicyclic) bond motifs is 1. The number of nitrogens with one attached hydrogen (secondary N) is 2. The maximum atomic E-state index is 5.65. The highest BCUT2D eigenvalue weighted by Crippen LogP contribution is 2.38. The number of benzene rings is 1. The van der Waals surface area contributed by atoms with E-state index < -0.39 is 0 Å². The number of hydrogen-bond acceptors (Lipinski definition) is 4. The fourth-order valence-electron chi connectivity index (χ4n) is 2.43. The van der Waals surface area contributed by atoms with E-state index in [1.54, 1.807) is 13.3 Å². The molecule has 0 atom stereocenters. The molecule has 6 nitrogen and oxygen atoms in total. The highest BCUT2D eigenvalue weighted by atomic mass is 79.9. The lowest BCUT2D eigenvalue weighted by atomic mass is 10.2. The molecule has 2 aromatic rings. The molecule has 0 saturated carbocycles. The molecule has 0 fully saturated rings. The largest absolute Gasteiger partial charge is 0.486 e. The third-order valence-electron chi connectivity index (χ3n) is 3.58. The first kappa shape index (κ1) is 16.7. The number of furan rings is 1. The number of nitrogens with zero attached hydrogens (tertiary/aromatic N) is 1. The normalized spacial score (nSPS) is 13.7. The van der Waals surface area contributed by atoms with Crippen LogP contribution in [0.4, 0.5) is 0 Å². The van der Waals surface area contributed by atoms with Crippen LogP contribution in [0.5, 0.6) is 11.5 Å². The summed E-state index contributed by atoms with van der Waals surface area (Å²) in [6.45, 7) is 2.54. The first-order valence-electron chi connectivity index (χ1n) is 7.81. The summed E-state index contributed by atoms with van der Waals surface area (Å²) in [5.41, 5.74) is 1.08. The van der Waals surface area contributed by atoms with Crippen LogP contribution in [-0.4, -0.2) is 32.8 Å². The van der Waals surface area contributed by atoms with Crippen molar-refractivity contribution in [1.82, 2.24) is 10.6 Å². The summed E-state index contributed by atoms with van der Waals surface area (Å²) in [5, 5.41) is 6.56. The monoisotopic (exact) mass is 393 g/mol. The summed E-state index contributed by atoms with van der Waals surface area (Å²) in [5.74, 6) is 3.24. The number of ether oxygens (including phenoxy) is 2. The third kappa shape index (κ3) is 4.23. The van der Waals surface area contributed by atoms with E-state index in [1.165, 1.54) is 0 Å². The van der Waals surface area contributed by atoms with Gasteiger partial charge in [-0.15, -0.1) is 0 Å². The third-order valence-corrected chi connectivity index (χ3v) is 4.17. The van der Waals surface area contributed by atoms with Gasteiger partial charge in [0, 0.05) is 26.6 Å². The zero-order valence-electron chi connectivity index (χ0n) is 13.5. The predicted molar refractivity (Wildman–Crippen MR) is 95.7 cm³/mol. The fourth-order valence-corrected chi connectivity index (χ4v) is 3.04. The number of halogens is 1. The summed E-state index contributed by atoms with van der Waals surface area (Å²) in [7, 11) is 1.75. The molecule has 0 spiro atoms. The van der Waals surface area contributed by atoms with E-state index in [0.717, 1.165) is 46.2 Å². The average Bonchev–Trinajstić information content (AvgIpc) is 3.11. The number of rotatable bonds is 5. The molecule has 24 heavy (non-hydrogen) atoms. The summed E-state index contributed by atoms with van der Waals surface area (Å²) in [6.07, 6.45) is 2.49. The second-order valence-electron chi connectivity index (χ2n) is 5.28. The number of guanidine groups is 1. The Bertz CT molecular complexity index is 701. The lowest BCUT2D eigenvalue weighted by molar-refractivity contribution is 0.170. The average molecular weight is 394 g/mol. The molecule has 1 aliphatic heterocycles. The van der Waals surface area contributed by atoms with E-state index in [4.69, 9.17) is 13.9 Å². The van der Waals surface area contributed by atoms with Gasteiger partial charge in [-0.3, -0.25) is 4.99 Å². The maximum absolute atomic E-state index is 5.65. The number of hydrogen-bond donors (Lipinski definition) is 2. The van der Waals surface area contributed by atoms with Crippen LogP contribution in [-0.2, 0) is 13.0 Å². The smallest absolute Gasteiger partial charge is 0.191 e. The molecule has 0 amide bonds. The molecular weight excluding hydrogens is 374 g/mol. The van der Waals surface area contributed by atoms with Crippen molar-refractivity contribution in [3.05, 3.63) is 46.3 Å². The van der Waals surface area contributed by atoms with Gasteiger partial charge in [0.1, 0.15) is 19.0 Å². The van der Waals surface area contributed by atoms with Gasteiger partial charge in [-0.25, -0.2) is 0 Å². The number of aliphatic imine (C=N–C) groups is 1. The maximum Gasteiger partial charge on any atom is 0.191 e. The van der Waals surface area contributed by atoms with E-state index in [0.29, 0.717) is 19.8 Å². The van der Waals surface area contributed by atoms with Gasteiger partial charge in [-0.2, -0.15) is 0 Å². The summed E-state index contributed by atoms with van der Waals surface area (Å²) >= 11 is 3.53. The van der Waals surface area contributed by atoms with Crippen molar-refractivity contribution >= 4 is 21.9 Å². The highest BCUT2D eigenvalue weighted by molar-refractivity contribution is 9.10. The summed E-state index contributed by atoms with van der Waals surface area (Å²) in [4.78, 5) is 4.23. The molecule has 2 heterocycles. The van der Waals surface area contributed by atoms with E-state index in [1.807, 2.05) is 24.3 Å². The first-order valence-corrected chi connectivity index (χ1v) is 8.60. The van der Waals surface area contributed by atoms with Crippen LogP contribution in [0.25, 0.3) is 0 Å². The minimum Gasteiger partial charge on any atom is -0.486 e. The Morgan fingerprint density at radius 3 is 2.92 bits per heavy atom. The Balaban J connectivity index is 1.53. The zero-order chi connectivity index (χ0) is 16.8. The summed E-state index contributed by atoms with van der Waals surface area (Å²) < 4.78 is 17.5. The molecule has 0 aliphatic carbocycles. The molecule has 0 unspecified atom stereocenters. The molecule has 128 valence electrons. The molecule has 1 aromatic carbocycles. The van der Waals surface area contributed by atoms with E-state index >= 15 is 0 Å². The van der Waals surface area contributed by atoms with Gasteiger partial charge in [-0.05, 0) is 45.8 Å². The molecule has 2 N–H and O–H groups in total.